The van der Waals surface area contributed by atoms with E-state index < -0.39 is 23.3 Å². The van der Waals surface area contributed by atoms with Crippen LogP contribution >= 0.6 is 11.8 Å². The predicted octanol–water partition coefficient (Wildman–Crippen LogP) is 3.87. The summed E-state index contributed by atoms with van der Waals surface area (Å²) in [6, 6.07) is 3.62. The van der Waals surface area contributed by atoms with Crippen molar-refractivity contribution in [2.75, 3.05) is 11.6 Å². The molecule has 0 amide bonds. The van der Waals surface area contributed by atoms with Crippen molar-refractivity contribution >= 4 is 29.0 Å². The number of nitrogens with one attached hydrogen (secondary N) is 1. The molecule has 0 saturated carbocycles. The Morgan fingerprint density at radius 2 is 1.65 bits per heavy atom. The number of hydrogen-bond donors (Lipinski definition) is 1. The molecular formula is C17H12F3N3O2S. The molecule has 0 unspecified atom stereocenters. The second-order valence-corrected chi connectivity index (χ2v) is 6.29. The van der Waals surface area contributed by atoms with E-state index in [4.69, 9.17) is 0 Å². The van der Waals surface area contributed by atoms with Crippen LogP contribution < -0.4 is 5.32 Å². The molecule has 134 valence electrons. The van der Waals surface area contributed by atoms with Gasteiger partial charge in [-0.2, -0.15) is 13.2 Å². The van der Waals surface area contributed by atoms with Gasteiger partial charge in [0, 0.05) is 18.1 Å². The van der Waals surface area contributed by atoms with Gasteiger partial charge in [-0.1, -0.05) is 6.07 Å². The lowest BCUT2D eigenvalue weighted by molar-refractivity contribution is -0.138. The lowest BCUT2D eigenvalue weighted by Crippen LogP contribution is -2.27. The highest BCUT2D eigenvalue weighted by Crippen LogP contribution is 2.35. The third-order valence-corrected chi connectivity index (χ3v) is 4.60. The Kier molecular flexibility index (Phi) is 4.57. The summed E-state index contributed by atoms with van der Waals surface area (Å²) in [6.07, 6.45) is -0.349. The summed E-state index contributed by atoms with van der Waals surface area (Å²) in [5, 5.41) is 2.66. The molecule has 3 rings (SSSR count). The third-order valence-electron chi connectivity index (χ3n) is 3.81. The Morgan fingerprint density at radius 1 is 1.04 bits per heavy atom. The number of anilines is 1. The number of halogens is 3. The number of Topliss-reactive ketones (excluding diaryl/α,β-unsaturated/α-hetero) is 2. The van der Waals surface area contributed by atoms with E-state index in [-0.39, 0.29) is 33.2 Å². The molecule has 26 heavy (non-hydrogen) atoms. The van der Waals surface area contributed by atoms with E-state index in [0.717, 1.165) is 17.8 Å². The van der Waals surface area contributed by atoms with E-state index in [9.17, 15) is 22.8 Å². The standard InChI is InChI=1S/C17H12F3N3O2S/c1-8-3-4-9(7-10(8)17(18,19)20)23-13-14(24)11-12(22-6-5-21-11)15(25)16(13)26-2/h3-7,23H,1-2H3. The van der Waals surface area contributed by atoms with Gasteiger partial charge in [-0.25, -0.2) is 9.97 Å². The van der Waals surface area contributed by atoms with Crippen LogP contribution in [0, 0.1) is 6.92 Å². The molecule has 0 radical (unpaired) electrons. The number of aryl methyl sites for hydroxylation is 1. The minimum Gasteiger partial charge on any atom is -0.351 e. The number of rotatable bonds is 3. The highest BCUT2D eigenvalue weighted by molar-refractivity contribution is 8.03. The van der Waals surface area contributed by atoms with Crippen LogP contribution in [0.3, 0.4) is 0 Å². The lowest BCUT2D eigenvalue weighted by Gasteiger charge is -2.20. The van der Waals surface area contributed by atoms with Gasteiger partial charge in [0.25, 0.3) is 0 Å². The smallest absolute Gasteiger partial charge is 0.351 e. The normalized spacial score (nSPS) is 14.5. The third kappa shape index (κ3) is 3.10. The minimum atomic E-state index is -4.52. The molecule has 1 heterocycles. The molecule has 0 saturated heterocycles. The molecule has 0 atom stereocenters. The van der Waals surface area contributed by atoms with Crippen molar-refractivity contribution in [3.8, 4) is 0 Å². The highest BCUT2D eigenvalue weighted by atomic mass is 32.2. The van der Waals surface area contributed by atoms with Gasteiger partial charge < -0.3 is 5.32 Å². The zero-order chi connectivity index (χ0) is 19.1. The van der Waals surface area contributed by atoms with E-state index in [0.29, 0.717) is 0 Å². The first-order valence-electron chi connectivity index (χ1n) is 7.37. The fourth-order valence-corrected chi connectivity index (χ4v) is 3.20. The number of carbonyl (C=O) groups is 2. The summed E-state index contributed by atoms with van der Waals surface area (Å²) < 4.78 is 39.3. The van der Waals surface area contributed by atoms with E-state index in [1.54, 1.807) is 6.26 Å². The van der Waals surface area contributed by atoms with Crippen LogP contribution in [-0.2, 0) is 6.18 Å². The zero-order valence-electron chi connectivity index (χ0n) is 13.6. The van der Waals surface area contributed by atoms with Crippen molar-refractivity contribution in [2.45, 2.75) is 13.1 Å². The fourth-order valence-electron chi connectivity index (χ4n) is 2.57. The van der Waals surface area contributed by atoms with Gasteiger partial charge in [-0.15, -0.1) is 11.8 Å². The van der Waals surface area contributed by atoms with Gasteiger partial charge in [0.1, 0.15) is 17.1 Å². The van der Waals surface area contributed by atoms with Crippen LogP contribution in [0.1, 0.15) is 32.1 Å². The quantitative estimate of drug-likeness (QED) is 0.873. The van der Waals surface area contributed by atoms with E-state index in [1.807, 2.05) is 0 Å². The van der Waals surface area contributed by atoms with E-state index in [1.165, 1.54) is 31.5 Å². The van der Waals surface area contributed by atoms with Gasteiger partial charge in [0.2, 0.25) is 11.6 Å². The number of nitrogens with zero attached hydrogens (tertiary/aromatic N) is 2. The average Bonchev–Trinajstić information content (AvgIpc) is 2.60. The first kappa shape index (κ1) is 18.1. The summed E-state index contributed by atoms with van der Waals surface area (Å²) in [5.74, 6) is -1.09. The van der Waals surface area contributed by atoms with E-state index >= 15 is 0 Å². The van der Waals surface area contributed by atoms with Crippen LogP contribution in [-0.4, -0.2) is 27.8 Å². The van der Waals surface area contributed by atoms with Crippen molar-refractivity contribution in [3.63, 3.8) is 0 Å². The number of carbonyl (C=O) groups excluding carboxylic acids is 2. The van der Waals surface area contributed by atoms with Crippen LogP contribution in [0.2, 0.25) is 0 Å². The summed E-state index contributed by atoms with van der Waals surface area (Å²) >= 11 is 1.02. The second-order valence-electron chi connectivity index (χ2n) is 5.47. The molecule has 1 aliphatic carbocycles. The predicted molar refractivity (Wildman–Crippen MR) is 91.0 cm³/mol. The Bertz CT molecular complexity index is 955. The van der Waals surface area contributed by atoms with Gasteiger partial charge >= 0.3 is 6.18 Å². The molecule has 9 heteroatoms. The van der Waals surface area contributed by atoms with Crippen molar-refractivity contribution < 1.29 is 22.8 Å². The Morgan fingerprint density at radius 3 is 2.23 bits per heavy atom. The van der Waals surface area contributed by atoms with Gasteiger partial charge in [-0.05, 0) is 30.9 Å². The number of aromatic nitrogens is 2. The molecule has 2 aromatic rings. The monoisotopic (exact) mass is 379 g/mol. The van der Waals surface area contributed by atoms with Crippen LogP contribution in [0.25, 0.3) is 0 Å². The van der Waals surface area contributed by atoms with Gasteiger partial charge in [0.15, 0.2) is 0 Å². The van der Waals surface area contributed by atoms with E-state index in [2.05, 4.69) is 15.3 Å². The maximum Gasteiger partial charge on any atom is 0.416 e. The van der Waals surface area contributed by atoms with Crippen LogP contribution in [0.15, 0.2) is 41.2 Å². The second kappa shape index (κ2) is 6.56. The van der Waals surface area contributed by atoms with Crippen LogP contribution in [0.5, 0.6) is 0 Å². The number of allylic oxidation sites excluding steroid dienone is 2. The Balaban J connectivity index is 2.07. The Labute approximate surface area is 150 Å². The number of hydrogen-bond acceptors (Lipinski definition) is 6. The fraction of sp³-hybridized carbons (Fsp3) is 0.176. The molecule has 1 aromatic carbocycles. The highest BCUT2D eigenvalue weighted by Gasteiger charge is 2.35. The van der Waals surface area contributed by atoms with Crippen molar-refractivity contribution in [3.05, 3.63) is 63.7 Å². The molecule has 0 fully saturated rings. The average molecular weight is 379 g/mol. The lowest BCUT2D eigenvalue weighted by atomic mass is 10.0. The maximum atomic E-state index is 13.1. The first-order chi connectivity index (χ1) is 12.2. The summed E-state index contributed by atoms with van der Waals surface area (Å²) in [6.45, 7) is 1.35. The molecule has 1 aromatic heterocycles. The SMILES string of the molecule is CSC1=C(Nc2ccc(C)c(C(F)(F)F)c2)C(=O)c2nccnc2C1=O. The van der Waals surface area contributed by atoms with Crippen molar-refractivity contribution in [1.82, 2.24) is 9.97 Å². The molecule has 0 spiro atoms. The number of ketones is 2. The summed E-state index contributed by atoms with van der Waals surface area (Å²) in [4.78, 5) is 33.1. The summed E-state index contributed by atoms with van der Waals surface area (Å²) in [5.41, 5.74) is -0.994. The maximum absolute atomic E-state index is 13.1. The topological polar surface area (TPSA) is 72.0 Å². The van der Waals surface area contributed by atoms with Gasteiger partial charge in [-0.3, -0.25) is 9.59 Å². The number of fused-ring (bicyclic) bond motifs is 1. The van der Waals surface area contributed by atoms with Crippen molar-refractivity contribution in [1.29, 1.82) is 0 Å². The molecule has 5 nitrogen and oxygen atoms in total. The summed E-state index contributed by atoms with van der Waals surface area (Å²) in [7, 11) is 0. The Hall–Kier alpha value is -2.68. The number of benzene rings is 1. The van der Waals surface area contributed by atoms with Crippen LogP contribution in [0.4, 0.5) is 18.9 Å². The number of thioether (sulfide) groups is 1. The molecular weight excluding hydrogens is 367 g/mol. The van der Waals surface area contributed by atoms with Crippen molar-refractivity contribution in [2.24, 2.45) is 0 Å². The molecule has 0 bridgehead atoms. The molecule has 0 aliphatic heterocycles. The first-order valence-corrected chi connectivity index (χ1v) is 8.60. The largest absolute Gasteiger partial charge is 0.416 e. The zero-order valence-corrected chi connectivity index (χ0v) is 14.5. The molecule has 1 N–H and O–H groups in total. The minimum absolute atomic E-state index is 0.0537. The number of alkyl halides is 3. The van der Waals surface area contributed by atoms with Gasteiger partial charge in [0.05, 0.1) is 10.5 Å². The molecule has 1 aliphatic rings.